The van der Waals surface area contributed by atoms with Crippen LogP contribution < -0.4 is 5.32 Å². The highest BCUT2D eigenvalue weighted by molar-refractivity contribution is 7.10. The number of rotatable bonds is 4. The van der Waals surface area contributed by atoms with Gasteiger partial charge in [-0.25, -0.2) is 0 Å². The van der Waals surface area contributed by atoms with E-state index in [1.165, 1.54) is 16.2 Å². The number of hydrogen-bond acceptors (Lipinski definition) is 6. The van der Waals surface area contributed by atoms with E-state index in [-0.39, 0.29) is 11.9 Å². The predicted molar refractivity (Wildman–Crippen MR) is 93.4 cm³/mol. The number of thiophene rings is 1. The van der Waals surface area contributed by atoms with Crippen molar-refractivity contribution in [3.05, 3.63) is 22.4 Å². The van der Waals surface area contributed by atoms with Crippen molar-refractivity contribution in [2.75, 3.05) is 6.61 Å². The summed E-state index contributed by atoms with van der Waals surface area (Å²) in [4.78, 5) is 40.6. The fourth-order valence-corrected chi connectivity index (χ4v) is 5.67. The Balaban J connectivity index is 1.77. The van der Waals surface area contributed by atoms with E-state index in [9.17, 15) is 24.6 Å². The molecule has 3 aliphatic rings. The zero-order valence-corrected chi connectivity index (χ0v) is 15.1. The minimum absolute atomic E-state index is 0.150. The molecule has 7 nitrogen and oxygen atoms in total. The molecule has 1 saturated carbocycles. The summed E-state index contributed by atoms with van der Waals surface area (Å²) in [6.45, 7) is -0.733. The van der Waals surface area contributed by atoms with Gasteiger partial charge in [-0.3, -0.25) is 24.6 Å². The molecule has 2 amide bonds. The molecule has 1 aromatic rings. The molecule has 2 saturated heterocycles. The standard InChI is InChI=1S/C18H22N2O5S/c21-9-18(17(24)25)13-12(14(19-18)11-7-4-8-26-11)15(22)20(16(13)23)10-5-2-1-3-6-10/h4,7-8,10,12-14,19,21H,1-3,5-6,9H2,(H,24,25). The zero-order chi connectivity index (χ0) is 18.5. The van der Waals surface area contributed by atoms with Crippen molar-refractivity contribution in [2.24, 2.45) is 11.8 Å². The molecule has 4 unspecified atom stereocenters. The van der Waals surface area contributed by atoms with Gasteiger partial charge in [-0.1, -0.05) is 25.3 Å². The van der Waals surface area contributed by atoms with Crippen LogP contribution in [0, 0.1) is 11.8 Å². The third-order valence-electron chi connectivity index (χ3n) is 6.11. The van der Waals surface area contributed by atoms with Crippen LogP contribution in [0.4, 0.5) is 0 Å². The summed E-state index contributed by atoms with van der Waals surface area (Å²) in [6, 6.07) is 2.93. The lowest BCUT2D eigenvalue weighted by Gasteiger charge is -2.33. The Kier molecular flexibility index (Phi) is 4.37. The van der Waals surface area contributed by atoms with Gasteiger partial charge in [0.2, 0.25) is 11.8 Å². The van der Waals surface area contributed by atoms with Gasteiger partial charge in [-0.2, -0.15) is 0 Å². The van der Waals surface area contributed by atoms with Crippen LogP contribution in [0.5, 0.6) is 0 Å². The Labute approximate surface area is 155 Å². The average Bonchev–Trinajstić information content (AvgIpc) is 3.33. The van der Waals surface area contributed by atoms with Crippen LogP contribution in [0.2, 0.25) is 0 Å². The van der Waals surface area contributed by atoms with Crippen LogP contribution in [0.3, 0.4) is 0 Å². The number of aliphatic carboxylic acids is 1. The van der Waals surface area contributed by atoms with Crippen LogP contribution >= 0.6 is 11.3 Å². The van der Waals surface area contributed by atoms with Crippen molar-refractivity contribution in [1.29, 1.82) is 0 Å². The summed E-state index contributed by atoms with van der Waals surface area (Å²) in [7, 11) is 0. The highest BCUT2D eigenvalue weighted by Gasteiger charge is 2.69. The zero-order valence-electron chi connectivity index (χ0n) is 14.3. The van der Waals surface area contributed by atoms with Gasteiger partial charge in [0.05, 0.1) is 24.5 Å². The van der Waals surface area contributed by atoms with Crippen LogP contribution in [0.15, 0.2) is 17.5 Å². The minimum Gasteiger partial charge on any atom is -0.480 e. The van der Waals surface area contributed by atoms with E-state index in [1.807, 2.05) is 17.5 Å². The Morgan fingerprint density at radius 2 is 2.00 bits per heavy atom. The highest BCUT2D eigenvalue weighted by atomic mass is 32.1. The number of amides is 2. The number of aliphatic hydroxyl groups excluding tert-OH is 1. The van der Waals surface area contributed by atoms with E-state index in [2.05, 4.69) is 5.32 Å². The highest BCUT2D eigenvalue weighted by Crippen LogP contribution is 2.50. The van der Waals surface area contributed by atoms with Crippen LogP contribution in [0.25, 0.3) is 0 Å². The third-order valence-corrected chi connectivity index (χ3v) is 7.06. The first-order valence-electron chi connectivity index (χ1n) is 9.03. The maximum Gasteiger partial charge on any atom is 0.327 e. The van der Waals surface area contributed by atoms with Gasteiger partial charge in [0, 0.05) is 10.9 Å². The smallest absolute Gasteiger partial charge is 0.327 e. The van der Waals surface area contributed by atoms with Gasteiger partial charge in [0.25, 0.3) is 0 Å². The first kappa shape index (κ1) is 17.6. The topological polar surface area (TPSA) is 107 Å². The summed E-state index contributed by atoms with van der Waals surface area (Å²) in [6.07, 6.45) is 4.57. The summed E-state index contributed by atoms with van der Waals surface area (Å²) in [5, 5.41) is 24.5. The molecular weight excluding hydrogens is 356 g/mol. The van der Waals surface area contributed by atoms with Crippen LogP contribution in [0.1, 0.15) is 43.0 Å². The van der Waals surface area contributed by atoms with Crippen molar-refractivity contribution in [1.82, 2.24) is 10.2 Å². The van der Waals surface area contributed by atoms with Gasteiger partial charge in [0.15, 0.2) is 5.54 Å². The molecule has 3 heterocycles. The third kappa shape index (κ3) is 2.35. The van der Waals surface area contributed by atoms with Crippen LogP contribution in [-0.2, 0) is 14.4 Å². The van der Waals surface area contributed by atoms with E-state index in [1.54, 1.807) is 0 Å². The number of carboxylic acids is 1. The van der Waals surface area contributed by atoms with Gasteiger partial charge >= 0.3 is 5.97 Å². The molecule has 1 aromatic heterocycles. The monoisotopic (exact) mass is 378 g/mol. The van der Waals surface area contributed by atoms with E-state index in [4.69, 9.17) is 0 Å². The molecule has 26 heavy (non-hydrogen) atoms. The number of hydrogen-bond donors (Lipinski definition) is 3. The van der Waals surface area contributed by atoms with Crippen molar-refractivity contribution in [2.45, 2.75) is 49.7 Å². The largest absolute Gasteiger partial charge is 0.480 e. The molecule has 0 aromatic carbocycles. The number of nitrogens with zero attached hydrogens (tertiary/aromatic N) is 1. The molecule has 4 rings (SSSR count). The Morgan fingerprint density at radius 3 is 2.58 bits per heavy atom. The first-order chi connectivity index (χ1) is 12.5. The van der Waals surface area contributed by atoms with Gasteiger partial charge in [0.1, 0.15) is 0 Å². The van der Waals surface area contributed by atoms with E-state index >= 15 is 0 Å². The quantitative estimate of drug-likeness (QED) is 0.679. The summed E-state index contributed by atoms with van der Waals surface area (Å²) >= 11 is 1.41. The summed E-state index contributed by atoms with van der Waals surface area (Å²) in [5.74, 6) is -3.90. The molecule has 3 fully saturated rings. The molecule has 2 aliphatic heterocycles. The first-order valence-corrected chi connectivity index (χ1v) is 9.91. The van der Waals surface area contributed by atoms with Gasteiger partial charge < -0.3 is 10.2 Å². The summed E-state index contributed by atoms with van der Waals surface area (Å²) < 4.78 is 0. The number of likely N-dealkylation sites (tertiary alicyclic amines) is 1. The van der Waals surface area contributed by atoms with Crippen molar-refractivity contribution in [3.63, 3.8) is 0 Å². The Morgan fingerprint density at radius 1 is 1.27 bits per heavy atom. The molecule has 1 aliphatic carbocycles. The second-order valence-electron chi connectivity index (χ2n) is 7.41. The SMILES string of the molecule is O=C1C2C(c3cccs3)NC(CO)(C(=O)O)C2C(=O)N1C1CCCCC1. The molecule has 140 valence electrons. The lowest BCUT2D eigenvalue weighted by atomic mass is 9.80. The normalized spacial score (nSPS) is 35.1. The Bertz CT molecular complexity index is 730. The van der Waals surface area contributed by atoms with Crippen LogP contribution in [-0.4, -0.2) is 51.1 Å². The number of nitrogens with one attached hydrogen (secondary N) is 1. The molecule has 0 radical (unpaired) electrons. The van der Waals surface area contributed by atoms with Gasteiger partial charge in [-0.05, 0) is 24.3 Å². The van der Waals surface area contributed by atoms with E-state index in [0.717, 1.165) is 37.0 Å². The molecule has 3 N–H and O–H groups in total. The molecular formula is C18H22N2O5S. The van der Waals surface area contributed by atoms with E-state index in [0.29, 0.717) is 0 Å². The average molecular weight is 378 g/mol. The molecule has 0 bridgehead atoms. The molecule has 4 atom stereocenters. The lowest BCUT2D eigenvalue weighted by Crippen LogP contribution is -2.59. The number of carbonyl (C=O) groups is 3. The number of imide groups is 1. The number of carboxylic acid groups (broad SMARTS) is 1. The van der Waals surface area contributed by atoms with Crippen molar-refractivity contribution in [3.8, 4) is 0 Å². The van der Waals surface area contributed by atoms with E-state index < -0.39 is 41.9 Å². The number of aliphatic hydroxyl groups is 1. The second-order valence-corrected chi connectivity index (χ2v) is 8.39. The molecule has 0 spiro atoms. The fraction of sp³-hybridized carbons (Fsp3) is 0.611. The van der Waals surface area contributed by atoms with Crippen molar-refractivity contribution >= 4 is 29.1 Å². The molecule has 8 heteroatoms. The lowest BCUT2D eigenvalue weighted by molar-refractivity contribution is -0.154. The maximum absolute atomic E-state index is 13.2. The number of fused-ring (bicyclic) bond motifs is 1. The summed E-state index contributed by atoms with van der Waals surface area (Å²) in [5.41, 5.74) is -1.82. The maximum atomic E-state index is 13.2. The minimum atomic E-state index is -1.82. The number of carbonyl (C=O) groups excluding carboxylic acids is 2. The second kappa shape index (κ2) is 6.44. The predicted octanol–water partition coefficient (Wildman–Crippen LogP) is 1.14. The van der Waals surface area contributed by atoms with Crippen molar-refractivity contribution < 1.29 is 24.6 Å². The fourth-order valence-electron chi connectivity index (χ4n) is 4.85. The Hall–Kier alpha value is -1.77. The van der Waals surface area contributed by atoms with Gasteiger partial charge in [-0.15, -0.1) is 11.3 Å².